The summed E-state index contributed by atoms with van der Waals surface area (Å²) in [6.07, 6.45) is 5.42. The Morgan fingerprint density at radius 2 is 2.13 bits per heavy atom. The fourth-order valence-corrected chi connectivity index (χ4v) is 3.71. The van der Waals surface area contributed by atoms with Crippen LogP contribution in [0.4, 0.5) is 0 Å². The molecule has 1 aromatic carbocycles. The maximum atomic E-state index is 12.8. The summed E-state index contributed by atoms with van der Waals surface area (Å²) < 4.78 is 5.14. The summed E-state index contributed by atoms with van der Waals surface area (Å²) in [5.74, 6) is 0.826. The van der Waals surface area contributed by atoms with Gasteiger partial charge in [-0.1, -0.05) is 0 Å². The van der Waals surface area contributed by atoms with Crippen LogP contribution >= 0.6 is 11.8 Å². The maximum Gasteiger partial charge on any atom is 0.254 e. The highest BCUT2D eigenvalue weighted by molar-refractivity contribution is 7.99. The smallest absolute Gasteiger partial charge is 0.254 e. The van der Waals surface area contributed by atoms with E-state index in [-0.39, 0.29) is 12.5 Å². The summed E-state index contributed by atoms with van der Waals surface area (Å²) in [6.45, 7) is 1.79. The number of benzene rings is 1. The summed E-state index contributed by atoms with van der Waals surface area (Å²) in [6, 6.07) is 8.09. The molecule has 1 saturated heterocycles. The van der Waals surface area contributed by atoms with Gasteiger partial charge in [-0.3, -0.25) is 4.79 Å². The number of aliphatic hydroxyl groups excluding tert-OH is 1. The van der Waals surface area contributed by atoms with Gasteiger partial charge in [0.25, 0.3) is 5.91 Å². The van der Waals surface area contributed by atoms with E-state index in [1.165, 1.54) is 6.42 Å². The van der Waals surface area contributed by atoms with E-state index in [9.17, 15) is 4.79 Å². The summed E-state index contributed by atoms with van der Waals surface area (Å²) in [7, 11) is 1.72. The second-order valence-corrected chi connectivity index (χ2v) is 7.05. The van der Waals surface area contributed by atoms with E-state index in [1.807, 2.05) is 24.3 Å². The quantitative estimate of drug-likeness (QED) is 0.585. The number of ether oxygens (including phenoxy) is 1. The van der Waals surface area contributed by atoms with Crippen molar-refractivity contribution < 1.29 is 14.6 Å². The Morgan fingerprint density at radius 1 is 1.35 bits per heavy atom. The summed E-state index contributed by atoms with van der Waals surface area (Å²) in [5.41, 5.74) is 0.761. The van der Waals surface area contributed by atoms with Crippen molar-refractivity contribution in [1.82, 2.24) is 4.90 Å². The third-order valence-electron chi connectivity index (χ3n) is 4.24. The molecule has 4 nitrogen and oxygen atoms in total. The van der Waals surface area contributed by atoms with E-state index in [0.29, 0.717) is 11.8 Å². The molecule has 1 aromatic rings. The lowest BCUT2D eigenvalue weighted by atomic mass is 9.97. The number of rotatable bonds is 8. The molecule has 128 valence electrons. The highest BCUT2D eigenvalue weighted by Gasteiger charge is 2.26. The van der Waals surface area contributed by atoms with Crippen LogP contribution in [0.1, 0.15) is 42.5 Å². The topological polar surface area (TPSA) is 49.8 Å². The highest BCUT2D eigenvalue weighted by atomic mass is 32.2. The number of hydrogen-bond donors (Lipinski definition) is 1. The first-order valence-electron chi connectivity index (χ1n) is 8.40. The van der Waals surface area contributed by atoms with E-state index in [2.05, 4.69) is 4.90 Å². The normalized spacial score (nSPS) is 18.2. The molecule has 0 bridgehead atoms. The highest BCUT2D eigenvalue weighted by Crippen LogP contribution is 2.24. The lowest BCUT2D eigenvalue weighted by molar-refractivity contribution is 0.0585. The van der Waals surface area contributed by atoms with E-state index in [4.69, 9.17) is 9.84 Å². The number of nitrogens with zero attached hydrogens (tertiary/aromatic N) is 1. The molecular weight excluding hydrogens is 310 g/mol. The fourth-order valence-electron chi connectivity index (χ4n) is 3.05. The third-order valence-corrected chi connectivity index (χ3v) is 5.23. The molecule has 0 spiro atoms. The Morgan fingerprint density at radius 3 is 2.83 bits per heavy atom. The van der Waals surface area contributed by atoms with Gasteiger partial charge in [-0.15, -0.1) is 11.8 Å². The molecule has 1 aliphatic rings. The molecule has 0 saturated carbocycles. The number of piperidine rings is 1. The zero-order valence-corrected chi connectivity index (χ0v) is 14.7. The van der Waals surface area contributed by atoms with E-state index in [1.54, 1.807) is 18.9 Å². The third kappa shape index (κ3) is 5.52. The van der Waals surface area contributed by atoms with Gasteiger partial charge >= 0.3 is 0 Å². The number of aliphatic hydroxyl groups is 1. The number of amides is 1. The molecule has 0 aromatic heterocycles. The summed E-state index contributed by atoms with van der Waals surface area (Å²) >= 11 is 1.60. The van der Waals surface area contributed by atoms with Crippen molar-refractivity contribution in [3.8, 4) is 0 Å². The van der Waals surface area contributed by atoms with Gasteiger partial charge in [-0.05, 0) is 56.4 Å². The Labute approximate surface area is 143 Å². The van der Waals surface area contributed by atoms with Crippen LogP contribution in [0.2, 0.25) is 0 Å². The van der Waals surface area contributed by atoms with Crippen LogP contribution in [0.25, 0.3) is 0 Å². The second-order valence-electron chi connectivity index (χ2n) is 5.88. The standard InChI is InChI=1S/C18H27NO3S/c1-22-13-4-6-16-5-2-3-11-19(16)18(21)15-7-9-17(10-8-15)23-14-12-20/h7-10,16,20H,2-6,11-14H2,1H3/t16-/m0/s1. The Bertz CT molecular complexity index is 478. The number of carbonyl (C=O) groups is 1. The van der Waals surface area contributed by atoms with Gasteiger partial charge in [0.1, 0.15) is 0 Å². The van der Waals surface area contributed by atoms with Crippen molar-refractivity contribution in [2.45, 2.75) is 43.0 Å². The van der Waals surface area contributed by atoms with Gasteiger partial charge in [-0.2, -0.15) is 0 Å². The van der Waals surface area contributed by atoms with Crippen molar-refractivity contribution >= 4 is 17.7 Å². The van der Waals surface area contributed by atoms with Gasteiger partial charge in [-0.25, -0.2) is 0 Å². The average Bonchev–Trinajstić information content (AvgIpc) is 2.60. The minimum Gasteiger partial charge on any atom is -0.396 e. The monoisotopic (exact) mass is 337 g/mol. The first-order valence-corrected chi connectivity index (χ1v) is 9.38. The molecule has 1 amide bonds. The van der Waals surface area contributed by atoms with Crippen molar-refractivity contribution in [1.29, 1.82) is 0 Å². The molecule has 1 aliphatic heterocycles. The predicted octanol–water partition coefficient (Wildman–Crippen LogP) is 3.19. The SMILES string of the molecule is COCCC[C@@H]1CCCCN1C(=O)c1ccc(SCCO)cc1. The Kier molecular flexibility index (Phi) is 7.92. The molecular formula is C18H27NO3S. The first kappa shape index (κ1) is 18.3. The summed E-state index contributed by atoms with van der Waals surface area (Å²) in [5, 5.41) is 8.87. The number of methoxy groups -OCH3 is 1. The van der Waals surface area contributed by atoms with Gasteiger partial charge in [0, 0.05) is 42.5 Å². The molecule has 0 unspecified atom stereocenters. The average molecular weight is 337 g/mol. The molecule has 0 aliphatic carbocycles. The minimum absolute atomic E-state index is 0.144. The van der Waals surface area contributed by atoms with Crippen LogP contribution in [0, 0.1) is 0 Å². The van der Waals surface area contributed by atoms with E-state index >= 15 is 0 Å². The van der Waals surface area contributed by atoms with Crippen LogP contribution in [-0.2, 0) is 4.74 Å². The number of likely N-dealkylation sites (tertiary alicyclic amines) is 1. The minimum atomic E-state index is 0.144. The molecule has 5 heteroatoms. The van der Waals surface area contributed by atoms with Crippen molar-refractivity contribution in [3.05, 3.63) is 29.8 Å². The zero-order chi connectivity index (χ0) is 16.5. The largest absolute Gasteiger partial charge is 0.396 e. The molecule has 2 rings (SSSR count). The first-order chi connectivity index (χ1) is 11.3. The van der Waals surface area contributed by atoms with Crippen LogP contribution in [0.3, 0.4) is 0 Å². The van der Waals surface area contributed by atoms with Crippen molar-refractivity contribution in [3.63, 3.8) is 0 Å². The lowest BCUT2D eigenvalue weighted by Crippen LogP contribution is -2.43. The van der Waals surface area contributed by atoms with Crippen LogP contribution < -0.4 is 0 Å². The number of hydrogen-bond acceptors (Lipinski definition) is 4. The molecule has 1 N–H and O–H groups in total. The molecule has 1 heterocycles. The summed E-state index contributed by atoms with van der Waals surface area (Å²) in [4.78, 5) is 16.0. The Balaban J connectivity index is 1.98. The molecule has 1 fully saturated rings. The molecule has 23 heavy (non-hydrogen) atoms. The van der Waals surface area contributed by atoms with Crippen molar-refractivity contribution in [2.24, 2.45) is 0 Å². The van der Waals surface area contributed by atoms with Crippen LogP contribution in [0.5, 0.6) is 0 Å². The van der Waals surface area contributed by atoms with Gasteiger partial charge in [0.2, 0.25) is 0 Å². The zero-order valence-electron chi connectivity index (χ0n) is 13.9. The fraction of sp³-hybridized carbons (Fsp3) is 0.611. The van der Waals surface area contributed by atoms with Gasteiger partial charge in [0.05, 0.1) is 6.61 Å². The van der Waals surface area contributed by atoms with E-state index < -0.39 is 0 Å². The molecule has 0 radical (unpaired) electrons. The van der Waals surface area contributed by atoms with Crippen LogP contribution in [-0.4, -0.2) is 54.6 Å². The lowest BCUT2D eigenvalue weighted by Gasteiger charge is -2.36. The predicted molar refractivity (Wildman–Crippen MR) is 94.0 cm³/mol. The second kappa shape index (κ2) is 9.96. The number of thioether (sulfide) groups is 1. The van der Waals surface area contributed by atoms with E-state index in [0.717, 1.165) is 49.3 Å². The van der Waals surface area contributed by atoms with Gasteiger partial charge in [0.15, 0.2) is 0 Å². The number of carbonyl (C=O) groups excluding carboxylic acids is 1. The van der Waals surface area contributed by atoms with Crippen LogP contribution in [0.15, 0.2) is 29.2 Å². The van der Waals surface area contributed by atoms with Gasteiger partial charge < -0.3 is 14.7 Å². The Hall–Kier alpha value is -1.04. The van der Waals surface area contributed by atoms with Crippen molar-refractivity contribution in [2.75, 3.05) is 32.6 Å². The maximum absolute atomic E-state index is 12.8. The molecule has 1 atom stereocenters.